The summed E-state index contributed by atoms with van der Waals surface area (Å²) in [6.07, 6.45) is -1.07. The van der Waals surface area contributed by atoms with Crippen molar-refractivity contribution < 1.29 is 18.6 Å². The van der Waals surface area contributed by atoms with Crippen LogP contribution in [0.1, 0.15) is 5.56 Å². The number of rotatable bonds is 4. The van der Waals surface area contributed by atoms with E-state index in [1.165, 1.54) is 0 Å². The molecule has 4 rings (SSSR count). The van der Waals surface area contributed by atoms with Crippen LogP contribution in [0.25, 0.3) is 10.9 Å². The Morgan fingerprint density at radius 2 is 1.74 bits per heavy atom. The third kappa shape index (κ3) is 3.45. The first-order chi connectivity index (χ1) is 12.9. The van der Waals surface area contributed by atoms with Gasteiger partial charge in [-0.15, -0.1) is 5.11 Å². The van der Waals surface area contributed by atoms with Gasteiger partial charge in [0, 0.05) is 5.39 Å². The molecule has 1 fully saturated rings. The highest BCUT2D eigenvalue weighted by Gasteiger charge is 2.36. The van der Waals surface area contributed by atoms with Crippen molar-refractivity contribution in [1.82, 2.24) is 4.57 Å². The number of azo groups is 1. The molecule has 2 heterocycles. The Labute approximate surface area is 156 Å². The average molecular weight is 385 g/mol. The van der Waals surface area contributed by atoms with E-state index >= 15 is 0 Å². The SMILES string of the molecule is O=S1(=O)C[C@H](O)[C@H](N=Nc2c(O)n(Cc3ccccc3)c3ccccc23)C1. The minimum Gasteiger partial charge on any atom is -0.493 e. The number of aliphatic hydroxyl groups is 1. The standard InChI is InChI=1S/C19H19N3O4S/c23-17-12-27(25,26)11-15(17)20-21-18-14-8-4-5-9-16(14)22(19(18)24)10-13-6-2-1-3-7-13/h1-9,15,17,23-24H,10-12H2/t15-,17+/m1/s1. The van der Waals surface area contributed by atoms with Crippen molar-refractivity contribution in [3.8, 4) is 5.88 Å². The topological polar surface area (TPSA) is 104 Å². The van der Waals surface area contributed by atoms with Crippen LogP contribution in [0.3, 0.4) is 0 Å². The number of aromatic hydroxyl groups is 1. The summed E-state index contributed by atoms with van der Waals surface area (Å²) in [5.74, 6) is -0.585. The maximum atomic E-state index is 11.6. The zero-order valence-electron chi connectivity index (χ0n) is 14.4. The molecule has 1 aliphatic heterocycles. The minimum atomic E-state index is -3.31. The number of benzene rings is 2. The Kier molecular flexibility index (Phi) is 4.45. The summed E-state index contributed by atoms with van der Waals surface area (Å²) in [7, 11) is -3.31. The minimum absolute atomic E-state index is 0.0425. The molecular weight excluding hydrogens is 366 g/mol. The second-order valence-electron chi connectivity index (χ2n) is 6.69. The molecule has 2 aromatic carbocycles. The lowest BCUT2D eigenvalue weighted by molar-refractivity contribution is 0.181. The Balaban J connectivity index is 1.73. The van der Waals surface area contributed by atoms with Gasteiger partial charge >= 0.3 is 0 Å². The van der Waals surface area contributed by atoms with Crippen LogP contribution in [0.5, 0.6) is 5.88 Å². The third-order valence-electron chi connectivity index (χ3n) is 4.70. The lowest BCUT2D eigenvalue weighted by atomic mass is 10.2. The molecule has 0 saturated carbocycles. The molecule has 27 heavy (non-hydrogen) atoms. The average Bonchev–Trinajstić information content (AvgIpc) is 3.07. The van der Waals surface area contributed by atoms with Crippen molar-refractivity contribution in [3.05, 3.63) is 60.2 Å². The first kappa shape index (κ1) is 17.7. The number of hydrogen-bond acceptors (Lipinski definition) is 6. The quantitative estimate of drug-likeness (QED) is 0.674. The highest BCUT2D eigenvalue weighted by atomic mass is 32.2. The Hall–Kier alpha value is -2.71. The van der Waals surface area contributed by atoms with Crippen molar-refractivity contribution >= 4 is 26.4 Å². The second-order valence-corrected chi connectivity index (χ2v) is 8.84. The molecular formula is C19H19N3O4S. The number of hydrogen-bond donors (Lipinski definition) is 2. The maximum Gasteiger partial charge on any atom is 0.221 e. The van der Waals surface area contributed by atoms with Crippen LogP contribution < -0.4 is 0 Å². The van der Waals surface area contributed by atoms with Gasteiger partial charge in [-0.25, -0.2) is 8.42 Å². The molecule has 3 aromatic rings. The van der Waals surface area contributed by atoms with Crippen molar-refractivity contribution in [2.75, 3.05) is 11.5 Å². The smallest absolute Gasteiger partial charge is 0.221 e. The number of nitrogens with zero attached hydrogens (tertiary/aromatic N) is 3. The monoisotopic (exact) mass is 385 g/mol. The van der Waals surface area contributed by atoms with Gasteiger partial charge in [-0.05, 0) is 11.6 Å². The molecule has 0 unspecified atom stereocenters. The first-order valence-corrected chi connectivity index (χ1v) is 10.4. The lowest BCUT2D eigenvalue weighted by Gasteiger charge is -2.07. The number of sulfone groups is 1. The van der Waals surface area contributed by atoms with Crippen LogP contribution in [-0.4, -0.2) is 46.8 Å². The highest BCUT2D eigenvalue weighted by molar-refractivity contribution is 7.91. The van der Waals surface area contributed by atoms with Crippen LogP contribution >= 0.6 is 0 Å². The fourth-order valence-corrected chi connectivity index (χ4v) is 5.04. The van der Waals surface area contributed by atoms with Gasteiger partial charge in [0.25, 0.3) is 0 Å². The van der Waals surface area contributed by atoms with Crippen molar-refractivity contribution in [1.29, 1.82) is 0 Å². The zero-order chi connectivity index (χ0) is 19.0. The lowest BCUT2D eigenvalue weighted by Crippen LogP contribution is -2.20. The largest absolute Gasteiger partial charge is 0.493 e. The number of para-hydroxylation sites is 1. The molecule has 2 N–H and O–H groups in total. The van der Waals surface area contributed by atoms with Crippen LogP contribution in [0.15, 0.2) is 64.8 Å². The normalized spacial score (nSPS) is 22.0. The molecule has 1 saturated heterocycles. The van der Waals surface area contributed by atoms with Gasteiger partial charge in [0.1, 0.15) is 6.04 Å². The number of aliphatic hydroxyl groups excluding tert-OH is 1. The predicted octanol–water partition coefficient (Wildman–Crippen LogP) is 2.64. The van der Waals surface area contributed by atoms with E-state index in [9.17, 15) is 18.6 Å². The van der Waals surface area contributed by atoms with E-state index in [4.69, 9.17) is 0 Å². The summed E-state index contributed by atoms with van der Waals surface area (Å²) in [6.45, 7) is 0.461. The summed E-state index contributed by atoms with van der Waals surface area (Å²) >= 11 is 0. The third-order valence-corrected chi connectivity index (χ3v) is 6.40. The van der Waals surface area contributed by atoms with E-state index < -0.39 is 22.0 Å². The Bertz CT molecular complexity index is 1110. The molecule has 7 nitrogen and oxygen atoms in total. The van der Waals surface area contributed by atoms with Crippen LogP contribution in [-0.2, 0) is 16.4 Å². The molecule has 2 atom stereocenters. The van der Waals surface area contributed by atoms with E-state index in [2.05, 4.69) is 10.2 Å². The van der Waals surface area contributed by atoms with Gasteiger partial charge in [-0.1, -0.05) is 48.5 Å². The zero-order valence-corrected chi connectivity index (χ0v) is 15.2. The van der Waals surface area contributed by atoms with Crippen molar-refractivity contribution in [2.24, 2.45) is 10.2 Å². The molecule has 0 bridgehead atoms. The molecule has 0 amide bonds. The summed E-state index contributed by atoms with van der Waals surface area (Å²) in [5, 5.41) is 29.5. The van der Waals surface area contributed by atoms with Gasteiger partial charge < -0.3 is 14.8 Å². The molecule has 1 aromatic heterocycles. The van der Waals surface area contributed by atoms with E-state index in [0.717, 1.165) is 11.1 Å². The van der Waals surface area contributed by atoms with Crippen LogP contribution in [0.4, 0.5) is 5.69 Å². The van der Waals surface area contributed by atoms with Gasteiger partial charge in [-0.2, -0.15) is 5.11 Å². The highest BCUT2D eigenvalue weighted by Crippen LogP contribution is 2.39. The molecule has 0 spiro atoms. The van der Waals surface area contributed by atoms with E-state index in [-0.39, 0.29) is 23.1 Å². The van der Waals surface area contributed by atoms with Gasteiger partial charge in [0.05, 0.1) is 29.7 Å². The maximum absolute atomic E-state index is 11.6. The van der Waals surface area contributed by atoms with Gasteiger partial charge in [0.15, 0.2) is 15.5 Å². The number of fused-ring (bicyclic) bond motifs is 1. The van der Waals surface area contributed by atoms with Crippen LogP contribution in [0, 0.1) is 0 Å². The predicted molar refractivity (Wildman–Crippen MR) is 102 cm³/mol. The van der Waals surface area contributed by atoms with Gasteiger partial charge in [0.2, 0.25) is 5.88 Å². The Morgan fingerprint density at radius 3 is 2.44 bits per heavy atom. The fraction of sp³-hybridized carbons (Fsp3) is 0.263. The summed E-state index contributed by atoms with van der Waals surface area (Å²) < 4.78 is 25.0. The van der Waals surface area contributed by atoms with Crippen molar-refractivity contribution in [3.63, 3.8) is 0 Å². The summed E-state index contributed by atoms with van der Waals surface area (Å²) in [4.78, 5) is 0. The molecule has 0 radical (unpaired) electrons. The fourth-order valence-electron chi connectivity index (χ4n) is 3.35. The summed E-state index contributed by atoms with van der Waals surface area (Å²) in [5.41, 5.74) is 2.10. The Morgan fingerprint density at radius 1 is 1.04 bits per heavy atom. The van der Waals surface area contributed by atoms with Crippen molar-refractivity contribution in [2.45, 2.75) is 18.7 Å². The summed E-state index contributed by atoms with van der Waals surface area (Å²) in [6, 6.07) is 16.3. The van der Waals surface area contributed by atoms with E-state index in [0.29, 0.717) is 11.9 Å². The first-order valence-electron chi connectivity index (χ1n) is 8.58. The number of aromatic nitrogens is 1. The van der Waals surface area contributed by atoms with Gasteiger partial charge in [-0.3, -0.25) is 0 Å². The van der Waals surface area contributed by atoms with Crippen LogP contribution in [0.2, 0.25) is 0 Å². The molecule has 8 heteroatoms. The van der Waals surface area contributed by atoms with E-state index in [1.54, 1.807) is 4.57 Å². The van der Waals surface area contributed by atoms with E-state index in [1.807, 2.05) is 54.6 Å². The molecule has 0 aliphatic carbocycles. The molecule has 140 valence electrons. The second kappa shape index (κ2) is 6.79. The molecule has 1 aliphatic rings.